The molecule has 2 aliphatic rings. The maximum absolute atomic E-state index is 13.0. The lowest BCUT2D eigenvalue weighted by Crippen LogP contribution is -2.40. The second-order valence-electron chi connectivity index (χ2n) is 9.42. The Morgan fingerprint density at radius 1 is 1.00 bits per heavy atom. The maximum atomic E-state index is 13.0. The molecule has 1 N–H and O–H groups in total. The number of carbonyl (C=O) groups excluding carboxylic acids is 4. The predicted molar refractivity (Wildman–Crippen MR) is 135 cm³/mol. The Morgan fingerprint density at radius 3 is 2.35 bits per heavy atom. The molecule has 0 atom stereocenters. The topological polar surface area (TPSA) is 130 Å². The highest BCUT2D eigenvalue weighted by molar-refractivity contribution is 7.89. The quantitative estimate of drug-likeness (QED) is 0.433. The molecular formula is C26H29N3O7S. The van der Waals surface area contributed by atoms with E-state index in [0.29, 0.717) is 5.56 Å². The van der Waals surface area contributed by atoms with Gasteiger partial charge in [0, 0.05) is 25.8 Å². The van der Waals surface area contributed by atoms with Gasteiger partial charge in [0.2, 0.25) is 10.0 Å². The van der Waals surface area contributed by atoms with Gasteiger partial charge in [-0.05, 0) is 55.7 Å². The summed E-state index contributed by atoms with van der Waals surface area (Å²) in [6, 6.07) is 8.49. The third-order valence-electron chi connectivity index (χ3n) is 6.66. The molecule has 3 amide bonds. The largest absolute Gasteiger partial charge is 0.452 e. The van der Waals surface area contributed by atoms with E-state index in [1.807, 2.05) is 0 Å². The van der Waals surface area contributed by atoms with Gasteiger partial charge in [-0.2, -0.15) is 0 Å². The number of nitrogens with zero attached hydrogens (tertiary/aromatic N) is 2. The molecule has 0 aromatic heterocycles. The summed E-state index contributed by atoms with van der Waals surface area (Å²) in [4.78, 5) is 52.1. The van der Waals surface area contributed by atoms with Crippen LogP contribution in [0.5, 0.6) is 0 Å². The Morgan fingerprint density at radius 2 is 1.68 bits per heavy atom. The third-order valence-corrected chi connectivity index (χ3v) is 8.62. The Balaban J connectivity index is 1.40. The van der Waals surface area contributed by atoms with Gasteiger partial charge in [-0.15, -0.1) is 0 Å². The Labute approximate surface area is 215 Å². The van der Waals surface area contributed by atoms with E-state index in [0.717, 1.165) is 36.4 Å². The summed E-state index contributed by atoms with van der Waals surface area (Å²) in [5, 5.41) is 2.52. The average molecular weight is 528 g/mol. The van der Waals surface area contributed by atoms with Gasteiger partial charge in [-0.3, -0.25) is 19.3 Å². The fourth-order valence-corrected chi connectivity index (χ4v) is 5.77. The van der Waals surface area contributed by atoms with E-state index in [2.05, 4.69) is 5.32 Å². The van der Waals surface area contributed by atoms with Crippen molar-refractivity contribution >= 4 is 39.4 Å². The van der Waals surface area contributed by atoms with Gasteiger partial charge >= 0.3 is 5.97 Å². The number of aryl methyl sites for hydroxylation is 1. The van der Waals surface area contributed by atoms with Crippen molar-refractivity contribution in [3.63, 3.8) is 0 Å². The molecule has 0 radical (unpaired) electrons. The van der Waals surface area contributed by atoms with Crippen LogP contribution < -0.4 is 5.32 Å². The van der Waals surface area contributed by atoms with Crippen molar-refractivity contribution in [2.75, 3.05) is 26.0 Å². The van der Waals surface area contributed by atoms with Crippen molar-refractivity contribution in [1.29, 1.82) is 0 Å². The van der Waals surface area contributed by atoms with Crippen molar-refractivity contribution in [1.82, 2.24) is 9.21 Å². The number of sulfonamides is 1. The van der Waals surface area contributed by atoms with Crippen LogP contribution in [-0.4, -0.2) is 68.1 Å². The zero-order valence-electron chi connectivity index (χ0n) is 20.9. The number of imide groups is 1. The first kappa shape index (κ1) is 26.5. The summed E-state index contributed by atoms with van der Waals surface area (Å²) in [7, 11) is -0.886. The number of benzene rings is 2. The molecule has 1 heterocycles. The molecule has 2 aromatic carbocycles. The highest BCUT2D eigenvalue weighted by Crippen LogP contribution is 2.31. The van der Waals surface area contributed by atoms with Crippen LogP contribution in [0.3, 0.4) is 0 Å². The molecule has 0 unspecified atom stereocenters. The number of carbonyl (C=O) groups is 4. The number of nitrogens with one attached hydrogen (secondary N) is 1. The van der Waals surface area contributed by atoms with Gasteiger partial charge in [0.05, 0.1) is 21.6 Å². The van der Waals surface area contributed by atoms with E-state index in [9.17, 15) is 27.6 Å². The first-order valence-electron chi connectivity index (χ1n) is 12.0. The van der Waals surface area contributed by atoms with Crippen LogP contribution in [0, 0.1) is 6.92 Å². The molecule has 0 saturated heterocycles. The van der Waals surface area contributed by atoms with Gasteiger partial charge in [0.1, 0.15) is 0 Å². The number of hydrogen-bond donors (Lipinski definition) is 1. The summed E-state index contributed by atoms with van der Waals surface area (Å²) < 4.78 is 31.2. The van der Waals surface area contributed by atoms with Gasteiger partial charge in [-0.1, -0.05) is 25.3 Å². The van der Waals surface area contributed by atoms with E-state index in [-0.39, 0.29) is 39.2 Å². The molecule has 1 aliphatic carbocycles. The molecule has 0 bridgehead atoms. The lowest BCUT2D eigenvalue weighted by Gasteiger charge is -2.29. The van der Waals surface area contributed by atoms with E-state index in [1.54, 1.807) is 19.1 Å². The fourth-order valence-electron chi connectivity index (χ4n) is 4.62. The first-order valence-corrected chi connectivity index (χ1v) is 13.5. The smallest absolute Gasteiger partial charge is 0.338 e. The molecule has 2 aromatic rings. The van der Waals surface area contributed by atoms with Crippen LogP contribution in [0.15, 0.2) is 41.3 Å². The minimum Gasteiger partial charge on any atom is -0.452 e. The monoisotopic (exact) mass is 527 g/mol. The molecule has 1 aliphatic heterocycles. The Hall–Kier alpha value is -3.57. The number of hydrogen-bond acceptors (Lipinski definition) is 7. The summed E-state index contributed by atoms with van der Waals surface area (Å²) >= 11 is 0. The number of rotatable bonds is 7. The zero-order chi connectivity index (χ0) is 26.9. The Kier molecular flexibility index (Phi) is 7.47. The van der Waals surface area contributed by atoms with Crippen LogP contribution in [0.1, 0.15) is 68.7 Å². The number of anilines is 1. The molecule has 11 heteroatoms. The summed E-state index contributed by atoms with van der Waals surface area (Å²) in [5.74, 6) is -2.25. The van der Waals surface area contributed by atoms with E-state index >= 15 is 0 Å². The molecule has 37 heavy (non-hydrogen) atoms. The van der Waals surface area contributed by atoms with Gasteiger partial charge in [0.25, 0.3) is 17.7 Å². The second kappa shape index (κ2) is 10.4. The Bertz CT molecular complexity index is 1380. The van der Waals surface area contributed by atoms with Crippen molar-refractivity contribution in [3.8, 4) is 0 Å². The van der Waals surface area contributed by atoms with Crippen molar-refractivity contribution < 1.29 is 32.3 Å². The predicted octanol–water partition coefficient (Wildman–Crippen LogP) is 2.97. The van der Waals surface area contributed by atoms with Crippen LogP contribution in [0.25, 0.3) is 0 Å². The highest BCUT2D eigenvalue weighted by atomic mass is 32.2. The molecule has 1 saturated carbocycles. The summed E-state index contributed by atoms with van der Waals surface area (Å²) in [6.45, 7) is 1.02. The number of ether oxygens (including phenoxy) is 1. The van der Waals surface area contributed by atoms with Crippen LogP contribution in [0.2, 0.25) is 0 Å². The third kappa shape index (κ3) is 5.28. The van der Waals surface area contributed by atoms with Crippen molar-refractivity contribution in [3.05, 3.63) is 58.7 Å². The minimum atomic E-state index is -3.71. The molecule has 196 valence electrons. The lowest BCUT2D eigenvalue weighted by atomic mass is 9.94. The summed E-state index contributed by atoms with van der Waals surface area (Å²) in [5.41, 5.74) is 1.21. The number of amides is 3. The van der Waals surface area contributed by atoms with E-state index < -0.39 is 34.4 Å². The molecular weight excluding hydrogens is 498 g/mol. The minimum absolute atomic E-state index is 0.0481. The zero-order valence-corrected chi connectivity index (χ0v) is 21.8. The van der Waals surface area contributed by atoms with Crippen LogP contribution in [0.4, 0.5) is 5.69 Å². The standard InChI is InChI=1S/C26H29N3O7S/c1-16-9-11-18(14-22(16)37(34,35)28(2)3)27-23(30)15-36-26(33)17-10-12-20-21(13-17)25(32)29(24(20)31)19-7-5-4-6-8-19/h9-14,19H,4-8,15H2,1-3H3,(H,27,30). The highest BCUT2D eigenvalue weighted by Gasteiger charge is 2.40. The second-order valence-corrected chi connectivity index (χ2v) is 11.5. The maximum Gasteiger partial charge on any atom is 0.338 e. The van der Waals surface area contributed by atoms with E-state index in [4.69, 9.17) is 4.74 Å². The normalized spacial score (nSPS) is 16.2. The van der Waals surface area contributed by atoms with Gasteiger partial charge in [0.15, 0.2) is 6.61 Å². The van der Waals surface area contributed by atoms with Gasteiger partial charge in [-0.25, -0.2) is 17.5 Å². The fraction of sp³-hybridized carbons (Fsp3) is 0.385. The molecule has 1 fully saturated rings. The number of esters is 1. The van der Waals surface area contributed by atoms with Crippen LogP contribution in [-0.2, 0) is 19.6 Å². The SMILES string of the molecule is Cc1ccc(NC(=O)COC(=O)c2ccc3c(c2)C(=O)N(C2CCCCC2)C3=O)cc1S(=O)(=O)N(C)C. The number of fused-ring (bicyclic) bond motifs is 1. The average Bonchev–Trinajstić information content (AvgIpc) is 3.13. The van der Waals surface area contributed by atoms with Gasteiger partial charge < -0.3 is 10.1 Å². The molecule has 4 rings (SSSR count). The van der Waals surface area contributed by atoms with Crippen molar-refractivity contribution in [2.45, 2.75) is 50.0 Å². The van der Waals surface area contributed by atoms with Crippen molar-refractivity contribution in [2.24, 2.45) is 0 Å². The lowest BCUT2D eigenvalue weighted by molar-refractivity contribution is -0.119. The molecule has 0 spiro atoms. The first-order chi connectivity index (χ1) is 17.5. The van der Waals surface area contributed by atoms with E-state index in [1.165, 1.54) is 43.3 Å². The molecule has 10 nitrogen and oxygen atoms in total. The van der Waals surface area contributed by atoms with Crippen LogP contribution >= 0.6 is 0 Å². The summed E-state index contributed by atoms with van der Waals surface area (Å²) in [6.07, 6.45) is 4.57.